The molecule has 0 aromatic carbocycles. The van der Waals surface area contributed by atoms with Gasteiger partial charge in [-0.3, -0.25) is 4.79 Å². The van der Waals surface area contributed by atoms with Crippen molar-refractivity contribution >= 4 is 38.3 Å². The van der Waals surface area contributed by atoms with Crippen molar-refractivity contribution in [2.45, 2.75) is 96.3 Å². The average Bonchev–Trinajstić information content (AvgIpc) is 2.72. The Morgan fingerprint density at radius 3 is 1.87 bits per heavy atom. The summed E-state index contributed by atoms with van der Waals surface area (Å²) >= 11 is 6.02. The van der Waals surface area contributed by atoms with Crippen LogP contribution >= 0.6 is 32.3 Å². The molecule has 0 aliphatic carbocycles. The van der Waals surface area contributed by atoms with Crippen molar-refractivity contribution in [2.24, 2.45) is 0 Å². The van der Waals surface area contributed by atoms with E-state index in [0.717, 1.165) is 55.0 Å². The summed E-state index contributed by atoms with van der Waals surface area (Å²) < 4.78 is 2.03. The van der Waals surface area contributed by atoms with Crippen LogP contribution in [0.25, 0.3) is 0 Å². The van der Waals surface area contributed by atoms with Crippen LogP contribution in [0, 0.1) is 0 Å². The van der Waals surface area contributed by atoms with E-state index in [4.69, 9.17) is 5.11 Å². The van der Waals surface area contributed by atoms with Gasteiger partial charge < -0.3 is 5.11 Å². The maximum Gasteiger partial charge on any atom is 0.363 e. The minimum Gasteiger partial charge on any atom is -0.481 e. The molecule has 1 rings (SSSR count). The first-order valence-electron chi connectivity index (χ1n) is 10.9. The molecule has 1 N–H and O–H groups in total. The first kappa shape index (κ1) is 26.8. The summed E-state index contributed by atoms with van der Waals surface area (Å²) in [5, 5.41) is 8.57. The second-order valence-corrected chi connectivity index (χ2v) is 8.90. The standard InChI is InChI=1S/C21H33Br2N3O4/c22-25-18(24-20(29)26(23)21(25)30)16-14-12-10-8-6-4-2-1-3-5-7-9-11-13-15-17-19(27)28/h1,3H,2,4-17H2,(H,27,28). The average molecular weight is 551 g/mol. The maximum atomic E-state index is 11.8. The van der Waals surface area contributed by atoms with Crippen molar-refractivity contribution in [2.75, 3.05) is 0 Å². The van der Waals surface area contributed by atoms with Crippen molar-refractivity contribution in [3.8, 4) is 0 Å². The monoisotopic (exact) mass is 549 g/mol. The van der Waals surface area contributed by atoms with E-state index in [1.165, 1.54) is 35.7 Å². The Kier molecular flexibility index (Phi) is 14.7. The van der Waals surface area contributed by atoms with Gasteiger partial charge in [-0.25, -0.2) is 13.2 Å². The summed E-state index contributed by atoms with van der Waals surface area (Å²) in [7, 11) is 0. The Balaban J connectivity index is 1.94. The quantitative estimate of drug-likeness (QED) is 0.208. The zero-order valence-corrected chi connectivity index (χ0v) is 20.7. The van der Waals surface area contributed by atoms with E-state index >= 15 is 0 Å². The third-order valence-corrected chi connectivity index (χ3v) is 6.22. The van der Waals surface area contributed by atoms with Crippen LogP contribution in [0.1, 0.15) is 95.7 Å². The molecule has 170 valence electrons. The molecule has 0 spiro atoms. The number of aromatic nitrogens is 3. The summed E-state index contributed by atoms with van der Waals surface area (Å²) in [6, 6.07) is 0. The molecule has 1 heterocycles. The fourth-order valence-electron chi connectivity index (χ4n) is 3.18. The molecule has 0 bridgehead atoms. The van der Waals surface area contributed by atoms with Crippen LogP contribution in [-0.4, -0.2) is 23.2 Å². The minimum atomic E-state index is -0.694. The Morgan fingerprint density at radius 1 is 0.800 bits per heavy atom. The zero-order chi connectivity index (χ0) is 22.2. The van der Waals surface area contributed by atoms with Gasteiger partial charge in [0.1, 0.15) is 5.82 Å². The first-order valence-corrected chi connectivity index (χ1v) is 12.3. The number of nitrogens with zero attached hydrogens (tertiary/aromatic N) is 3. The molecule has 0 atom stereocenters. The van der Waals surface area contributed by atoms with E-state index in [2.05, 4.69) is 49.4 Å². The summed E-state index contributed by atoms with van der Waals surface area (Å²) in [5.74, 6) is -0.230. The number of aryl methyl sites for hydroxylation is 1. The van der Waals surface area contributed by atoms with Gasteiger partial charge in [0.15, 0.2) is 0 Å². The molecule has 7 nitrogen and oxygen atoms in total. The molecular formula is C21H33Br2N3O4. The Bertz CT molecular complexity index is 774. The molecule has 0 aliphatic rings. The molecule has 1 aromatic rings. The fraction of sp³-hybridized carbons (Fsp3) is 0.714. The second kappa shape index (κ2) is 16.5. The Hall–Kier alpha value is -1.22. The summed E-state index contributed by atoms with van der Waals surface area (Å²) in [6.45, 7) is 0. The van der Waals surface area contributed by atoms with Gasteiger partial charge in [-0.2, -0.15) is 8.58 Å². The van der Waals surface area contributed by atoms with Crippen molar-refractivity contribution in [3.63, 3.8) is 0 Å². The normalized spacial score (nSPS) is 11.4. The van der Waals surface area contributed by atoms with E-state index in [0.29, 0.717) is 18.7 Å². The third-order valence-electron chi connectivity index (χ3n) is 4.90. The third kappa shape index (κ3) is 11.8. The van der Waals surface area contributed by atoms with Gasteiger partial charge in [0.2, 0.25) is 0 Å². The van der Waals surface area contributed by atoms with Gasteiger partial charge >= 0.3 is 17.3 Å². The molecule has 1 aromatic heterocycles. The number of unbranched alkanes of at least 4 members (excludes halogenated alkanes) is 11. The number of carboxylic acid groups (broad SMARTS) is 1. The fourth-order valence-corrected chi connectivity index (χ4v) is 4.04. The molecule has 0 saturated heterocycles. The maximum absolute atomic E-state index is 11.8. The van der Waals surface area contributed by atoms with Gasteiger partial charge in [0, 0.05) is 12.8 Å². The highest BCUT2D eigenvalue weighted by Crippen LogP contribution is 2.11. The van der Waals surface area contributed by atoms with Crippen LogP contribution in [0.5, 0.6) is 0 Å². The van der Waals surface area contributed by atoms with E-state index in [-0.39, 0.29) is 0 Å². The van der Waals surface area contributed by atoms with Crippen LogP contribution in [0.3, 0.4) is 0 Å². The highest BCUT2D eigenvalue weighted by atomic mass is 79.9. The van der Waals surface area contributed by atoms with Crippen molar-refractivity contribution in [1.29, 1.82) is 0 Å². The lowest BCUT2D eigenvalue weighted by molar-refractivity contribution is -0.137. The lowest BCUT2D eigenvalue weighted by Gasteiger charge is -2.05. The van der Waals surface area contributed by atoms with Crippen molar-refractivity contribution in [3.05, 3.63) is 38.9 Å². The summed E-state index contributed by atoms with van der Waals surface area (Å²) in [6.07, 6.45) is 19.7. The smallest absolute Gasteiger partial charge is 0.363 e. The number of carbonyl (C=O) groups is 1. The highest BCUT2D eigenvalue weighted by molar-refractivity contribution is 9.08. The number of rotatable bonds is 17. The molecule has 0 unspecified atom stereocenters. The van der Waals surface area contributed by atoms with Crippen LogP contribution in [-0.2, 0) is 11.2 Å². The van der Waals surface area contributed by atoms with Crippen molar-refractivity contribution in [1.82, 2.24) is 12.2 Å². The topological polar surface area (TPSA) is 94.2 Å². The number of aliphatic carboxylic acids is 1. The van der Waals surface area contributed by atoms with E-state index in [1.807, 2.05) is 0 Å². The molecule has 0 aliphatic heterocycles. The predicted molar refractivity (Wildman–Crippen MR) is 127 cm³/mol. The van der Waals surface area contributed by atoms with E-state index in [1.54, 1.807) is 0 Å². The lowest BCUT2D eigenvalue weighted by Crippen LogP contribution is -2.36. The van der Waals surface area contributed by atoms with Gasteiger partial charge in [0.25, 0.3) is 0 Å². The summed E-state index contributed by atoms with van der Waals surface area (Å²) in [4.78, 5) is 37.6. The van der Waals surface area contributed by atoms with E-state index < -0.39 is 17.3 Å². The second-order valence-electron chi connectivity index (χ2n) is 7.49. The van der Waals surface area contributed by atoms with Gasteiger partial charge in [0.05, 0.1) is 32.3 Å². The van der Waals surface area contributed by atoms with Gasteiger partial charge in [-0.05, 0) is 38.5 Å². The molecule has 0 saturated carbocycles. The Labute approximate surface area is 195 Å². The minimum absolute atomic E-state index is 0.295. The molecule has 9 heteroatoms. The number of allylic oxidation sites excluding steroid dienone is 2. The Morgan fingerprint density at radius 2 is 1.30 bits per heavy atom. The first-order chi connectivity index (χ1) is 14.4. The number of hydrogen-bond donors (Lipinski definition) is 1. The van der Waals surface area contributed by atoms with Gasteiger partial charge in [-0.1, -0.05) is 57.1 Å². The largest absolute Gasteiger partial charge is 0.481 e. The SMILES string of the molecule is O=C(O)CCCCCCCC=CCCCCCCCCc1nc(=O)n(Br)c(=O)n1Br. The van der Waals surface area contributed by atoms with Crippen LogP contribution in [0.15, 0.2) is 21.7 Å². The van der Waals surface area contributed by atoms with E-state index in [9.17, 15) is 14.4 Å². The van der Waals surface area contributed by atoms with Crippen LogP contribution in [0.2, 0.25) is 0 Å². The highest BCUT2D eigenvalue weighted by Gasteiger charge is 2.09. The lowest BCUT2D eigenvalue weighted by atomic mass is 10.1. The zero-order valence-electron chi connectivity index (χ0n) is 17.5. The predicted octanol–water partition coefficient (Wildman–Crippen LogP) is 5.37. The van der Waals surface area contributed by atoms with Crippen LogP contribution < -0.4 is 11.4 Å². The van der Waals surface area contributed by atoms with Crippen molar-refractivity contribution < 1.29 is 9.90 Å². The molecule has 30 heavy (non-hydrogen) atoms. The van der Waals surface area contributed by atoms with Gasteiger partial charge in [-0.15, -0.1) is 0 Å². The summed E-state index contributed by atoms with van der Waals surface area (Å²) in [5.41, 5.74) is -1.07. The molecule has 0 amide bonds. The molecule has 0 fully saturated rings. The number of carboxylic acids is 1. The molecule has 0 radical (unpaired) electrons. The number of halogens is 2. The number of hydrogen-bond acceptors (Lipinski definition) is 4. The molecular weight excluding hydrogens is 518 g/mol. The van der Waals surface area contributed by atoms with Crippen LogP contribution in [0.4, 0.5) is 0 Å².